The monoisotopic (exact) mass is 270 g/mol. The number of benzene rings is 1. The van der Waals surface area contributed by atoms with E-state index in [1.54, 1.807) is 0 Å². The molecule has 0 aromatic heterocycles. The van der Waals surface area contributed by atoms with Crippen molar-refractivity contribution in [3.05, 3.63) is 35.7 Å². The Morgan fingerprint density at radius 2 is 1.84 bits per heavy atom. The Labute approximate surface area is 110 Å². The number of hydrogen-bond donors (Lipinski definition) is 0. The van der Waals surface area contributed by atoms with Crippen molar-refractivity contribution in [2.45, 2.75) is 19.8 Å². The van der Waals surface area contributed by atoms with Gasteiger partial charge in [-0.05, 0) is 30.7 Å². The average molecular weight is 270 g/mol. The van der Waals surface area contributed by atoms with Crippen LogP contribution < -0.4 is 4.74 Å². The summed E-state index contributed by atoms with van der Waals surface area (Å²) in [6.07, 6.45) is 1.42. The zero-order valence-corrected chi connectivity index (χ0v) is 10.9. The number of hydrogen-bond acceptors (Lipinski definition) is 3. The fourth-order valence-corrected chi connectivity index (χ4v) is 1.33. The molecule has 1 aromatic carbocycles. The van der Waals surface area contributed by atoms with Crippen LogP contribution in [0.3, 0.4) is 0 Å². The molecule has 0 bridgehead atoms. The van der Waals surface area contributed by atoms with E-state index >= 15 is 0 Å². The summed E-state index contributed by atoms with van der Waals surface area (Å²) in [6.45, 7) is 1.98. The van der Waals surface area contributed by atoms with Crippen molar-refractivity contribution in [3.63, 3.8) is 0 Å². The Bertz CT molecular complexity index is 452. The Morgan fingerprint density at radius 3 is 2.37 bits per heavy atom. The molecule has 0 atom stereocenters. The Balaban J connectivity index is 2.78. The predicted octanol–water partition coefficient (Wildman–Crippen LogP) is 3.65. The molecule has 1 aromatic rings. The SMILES string of the molecule is CCCCOC(=O)/C(F)=C(\F)c1ccc(OC)cc1. The highest BCUT2D eigenvalue weighted by atomic mass is 19.2. The molecule has 0 heterocycles. The van der Waals surface area contributed by atoms with E-state index in [-0.39, 0.29) is 12.2 Å². The summed E-state index contributed by atoms with van der Waals surface area (Å²) in [5.74, 6) is -3.50. The predicted molar refractivity (Wildman–Crippen MR) is 68.0 cm³/mol. The van der Waals surface area contributed by atoms with Crippen LogP contribution in [0.5, 0.6) is 5.75 Å². The van der Waals surface area contributed by atoms with Gasteiger partial charge in [-0.1, -0.05) is 13.3 Å². The highest BCUT2D eigenvalue weighted by molar-refractivity contribution is 5.93. The number of unbranched alkanes of at least 4 members (excludes halogenated alkanes) is 1. The zero-order valence-electron chi connectivity index (χ0n) is 10.9. The molecule has 0 fully saturated rings. The number of ether oxygens (including phenoxy) is 2. The maximum Gasteiger partial charge on any atom is 0.370 e. The Kier molecular flexibility index (Phi) is 5.99. The number of methoxy groups -OCH3 is 1. The number of carbonyl (C=O) groups excluding carboxylic acids is 1. The molecule has 0 N–H and O–H groups in total. The van der Waals surface area contributed by atoms with Crippen molar-refractivity contribution in [1.82, 2.24) is 0 Å². The largest absolute Gasteiger partial charge is 0.497 e. The molecule has 104 valence electrons. The molecular formula is C14H16F2O3. The fraction of sp³-hybridized carbons (Fsp3) is 0.357. The first-order chi connectivity index (χ1) is 9.10. The topological polar surface area (TPSA) is 35.5 Å². The van der Waals surface area contributed by atoms with Gasteiger partial charge in [-0.2, -0.15) is 4.39 Å². The molecular weight excluding hydrogens is 254 g/mol. The van der Waals surface area contributed by atoms with Crippen LogP contribution in [0.1, 0.15) is 25.3 Å². The van der Waals surface area contributed by atoms with Gasteiger partial charge in [0.05, 0.1) is 13.7 Å². The Morgan fingerprint density at radius 1 is 1.21 bits per heavy atom. The van der Waals surface area contributed by atoms with E-state index in [1.165, 1.54) is 31.4 Å². The second kappa shape index (κ2) is 7.51. The minimum Gasteiger partial charge on any atom is -0.497 e. The van der Waals surface area contributed by atoms with Crippen molar-refractivity contribution >= 4 is 11.8 Å². The maximum atomic E-state index is 13.7. The first-order valence-electron chi connectivity index (χ1n) is 5.97. The Hall–Kier alpha value is -1.91. The van der Waals surface area contributed by atoms with E-state index in [0.29, 0.717) is 12.2 Å². The van der Waals surface area contributed by atoms with E-state index in [2.05, 4.69) is 4.74 Å². The van der Waals surface area contributed by atoms with Crippen LogP contribution in [0, 0.1) is 0 Å². The van der Waals surface area contributed by atoms with Crippen LogP contribution in [-0.2, 0) is 9.53 Å². The van der Waals surface area contributed by atoms with Crippen molar-refractivity contribution < 1.29 is 23.0 Å². The molecule has 0 aliphatic rings. The third-order valence-corrected chi connectivity index (χ3v) is 2.45. The van der Waals surface area contributed by atoms with Crippen LogP contribution >= 0.6 is 0 Å². The van der Waals surface area contributed by atoms with Gasteiger partial charge in [-0.25, -0.2) is 9.18 Å². The third kappa shape index (κ3) is 4.35. The molecule has 3 nitrogen and oxygen atoms in total. The summed E-state index contributed by atoms with van der Waals surface area (Å²) in [6, 6.07) is 5.61. The van der Waals surface area contributed by atoms with E-state index in [4.69, 9.17) is 4.74 Å². The number of carbonyl (C=O) groups is 1. The van der Waals surface area contributed by atoms with E-state index in [9.17, 15) is 13.6 Å². The molecule has 0 saturated carbocycles. The third-order valence-electron chi connectivity index (χ3n) is 2.45. The van der Waals surface area contributed by atoms with Gasteiger partial charge < -0.3 is 9.47 Å². The van der Waals surface area contributed by atoms with Gasteiger partial charge in [-0.15, -0.1) is 0 Å². The van der Waals surface area contributed by atoms with Gasteiger partial charge in [-0.3, -0.25) is 0 Å². The molecule has 0 spiro atoms. The first kappa shape index (κ1) is 15.1. The van der Waals surface area contributed by atoms with Gasteiger partial charge in [0.1, 0.15) is 5.75 Å². The average Bonchev–Trinajstić information content (AvgIpc) is 2.46. The molecule has 0 unspecified atom stereocenters. The summed E-state index contributed by atoms with van der Waals surface area (Å²) in [4.78, 5) is 11.2. The van der Waals surface area contributed by atoms with Crippen LogP contribution in [0.15, 0.2) is 30.1 Å². The van der Waals surface area contributed by atoms with Crippen molar-refractivity contribution in [1.29, 1.82) is 0 Å². The van der Waals surface area contributed by atoms with Crippen LogP contribution in [0.25, 0.3) is 5.83 Å². The highest BCUT2D eigenvalue weighted by Crippen LogP contribution is 2.24. The van der Waals surface area contributed by atoms with Crippen LogP contribution in [0.2, 0.25) is 0 Å². The summed E-state index contributed by atoms with van der Waals surface area (Å²) in [5, 5.41) is 0. The standard InChI is InChI=1S/C14H16F2O3/c1-3-4-9-19-14(17)13(16)12(15)10-5-7-11(18-2)8-6-10/h5-8H,3-4,9H2,1-2H3/b13-12+. The minimum atomic E-state index is -1.51. The van der Waals surface area contributed by atoms with Gasteiger partial charge in [0.25, 0.3) is 0 Å². The summed E-state index contributed by atoms with van der Waals surface area (Å²) in [7, 11) is 1.47. The normalized spacial score (nSPS) is 11.8. The minimum absolute atomic E-state index is 0.0364. The number of esters is 1. The summed E-state index contributed by atoms with van der Waals surface area (Å²) in [5.41, 5.74) is -0.0364. The van der Waals surface area contributed by atoms with Crippen molar-refractivity contribution in [2.75, 3.05) is 13.7 Å². The lowest BCUT2D eigenvalue weighted by atomic mass is 10.2. The van der Waals surface area contributed by atoms with Gasteiger partial charge in [0.15, 0.2) is 5.83 Å². The van der Waals surface area contributed by atoms with Gasteiger partial charge >= 0.3 is 5.97 Å². The molecule has 0 aliphatic carbocycles. The van der Waals surface area contributed by atoms with E-state index in [1.807, 2.05) is 6.92 Å². The second-order valence-electron chi connectivity index (χ2n) is 3.85. The number of rotatable bonds is 6. The quantitative estimate of drug-likeness (QED) is 0.449. The van der Waals surface area contributed by atoms with Gasteiger partial charge in [0, 0.05) is 5.56 Å². The fourth-order valence-electron chi connectivity index (χ4n) is 1.33. The molecule has 5 heteroatoms. The second-order valence-corrected chi connectivity index (χ2v) is 3.85. The lowest BCUT2D eigenvalue weighted by molar-refractivity contribution is -0.140. The van der Waals surface area contributed by atoms with Gasteiger partial charge in [0.2, 0.25) is 5.83 Å². The van der Waals surface area contributed by atoms with Crippen LogP contribution in [-0.4, -0.2) is 19.7 Å². The summed E-state index contributed by atoms with van der Waals surface area (Å²) < 4.78 is 36.7. The van der Waals surface area contributed by atoms with Crippen molar-refractivity contribution in [3.8, 4) is 5.75 Å². The molecule has 0 aliphatic heterocycles. The first-order valence-corrected chi connectivity index (χ1v) is 5.97. The maximum absolute atomic E-state index is 13.7. The number of halogens is 2. The highest BCUT2D eigenvalue weighted by Gasteiger charge is 2.18. The van der Waals surface area contributed by atoms with Crippen LogP contribution in [0.4, 0.5) is 8.78 Å². The lowest BCUT2D eigenvalue weighted by Gasteiger charge is -2.04. The van der Waals surface area contributed by atoms with E-state index < -0.39 is 17.6 Å². The smallest absolute Gasteiger partial charge is 0.370 e. The van der Waals surface area contributed by atoms with E-state index in [0.717, 1.165) is 6.42 Å². The lowest BCUT2D eigenvalue weighted by Crippen LogP contribution is -2.07. The molecule has 0 radical (unpaired) electrons. The molecule has 19 heavy (non-hydrogen) atoms. The molecule has 1 rings (SSSR count). The molecule has 0 saturated heterocycles. The summed E-state index contributed by atoms with van der Waals surface area (Å²) >= 11 is 0. The van der Waals surface area contributed by atoms with Crippen molar-refractivity contribution in [2.24, 2.45) is 0 Å². The molecule has 0 amide bonds. The zero-order chi connectivity index (χ0) is 14.3.